The predicted molar refractivity (Wildman–Crippen MR) is 107 cm³/mol. The maximum Gasteiger partial charge on any atom is 0.225 e. The fraction of sp³-hybridized carbons (Fsp3) is 0.625. The molecule has 2 aliphatic heterocycles. The highest BCUT2D eigenvalue weighted by molar-refractivity contribution is 7.72. The summed E-state index contributed by atoms with van der Waals surface area (Å²) in [6, 6.07) is 2.17. The highest BCUT2D eigenvalue weighted by Gasteiger charge is 2.21. The quantitative estimate of drug-likeness (QED) is 0.552. The summed E-state index contributed by atoms with van der Waals surface area (Å²) in [5.41, 5.74) is 0. The topological polar surface area (TPSA) is 78.9 Å². The molecule has 0 radical (unpaired) electrons. The van der Waals surface area contributed by atoms with Gasteiger partial charge in [-0.25, -0.2) is 13.4 Å². The largest absolute Gasteiger partial charge is 0.378 e. The fourth-order valence-corrected chi connectivity index (χ4v) is 5.39. The van der Waals surface area contributed by atoms with Gasteiger partial charge < -0.3 is 9.64 Å². The molecule has 0 N–H and O–H groups in total. The lowest BCUT2D eigenvalue weighted by molar-refractivity contribution is 0.122. The summed E-state index contributed by atoms with van der Waals surface area (Å²) >= 11 is 7.81. The van der Waals surface area contributed by atoms with Gasteiger partial charge in [0.05, 0.1) is 24.5 Å². The van der Waals surface area contributed by atoms with Crippen molar-refractivity contribution in [2.45, 2.75) is 6.54 Å². The predicted octanol–water partition coefficient (Wildman–Crippen LogP) is 0.868. The molecule has 0 bridgehead atoms. The van der Waals surface area contributed by atoms with Crippen LogP contribution in [0.2, 0.25) is 5.28 Å². The monoisotopic (exact) mass is 431 g/mol. The van der Waals surface area contributed by atoms with Crippen molar-refractivity contribution in [3.8, 4) is 0 Å². The van der Waals surface area contributed by atoms with Crippen LogP contribution in [-0.4, -0.2) is 86.5 Å². The Hall–Kier alpha value is -1.04. The molecule has 0 saturated carbocycles. The van der Waals surface area contributed by atoms with Crippen LogP contribution in [0.1, 0.15) is 4.88 Å². The molecule has 2 fully saturated rings. The van der Waals surface area contributed by atoms with Gasteiger partial charge in [0.25, 0.3) is 0 Å². The molecule has 0 amide bonds. The zero-order valence-electron chi connectivity index (χ0n) is 14.8. The number of thiol groups is 1. The Morgan fingerprint density at radius 3 is 2.48 bits per heavy atom. The van der Waals surface area contributed by atoms with Gasteiger partial charge in [0.1, 0.15) is 10.6 Å². The summed E-state index contributed by atoms with van der Waals surface area (Å²) in [7, 11) is -2.34. The lowest BCUT2D eigenvalue weighted by Crippen LogP contribution is -2.46. The second-order valence-electron chi connectivity index (χ2n) is 6.72. The first-order valence-electron chi connectivity index (χ1n) is 8.93. The van der Waals surface area contributed by atoms with Gasteiger partial charge in [0.2, 0.25) is 5.28 Å². The van der Waals surface area contributed by atoms with Crippen LogP contribution in [0.15, 0.2) is 6.07 Å². The molecule has 0 aliphatic carbocycles. The molecule has 2 aromatic heterocycles. The fourth-order valence-electron chi connectivity index (χ4n) is 3.50. The Bertz CT molecular complexity index is 868. The summed E-state index contributed by atoms with van der Waals surface area (Å²) in [5.74, 6) is 1.04. The van der Waals surface area contributed by atoms with E-state index in [-0.39, 0.29) is 11.2 Å². The Labute approximate surface area is 168 Å². The minimum Gasteiger partial charge on any atom is -0.378 e. The van der Waals surface area contributed by atoms with E-state index in [0.29, 0.717) is 13.2 Å². The first-order valence-corrected chi connectivity index (χ1v) is 11.5. The Morgan fingerprint density at radius 1 is 1.07 bits per heavy atom. The van der Waals surface area contributed by atoms with Gasteiger partial charge >= 0.3 is 0 Å². The SMILES string of the molecule is O=[SH](=O)CN1CCN(Cc2cc3c(N4CCOCC4)nc(Cl)nc3s2)CC1. The number of hydrogen-bond donors (Lipinski definition) is 1. The van der Waals surface area contributed by atoms with Crippen LogP contribution in [0, 0.1) is 0 Å². The smallest absolute Gasteiger partial charge is 0.225 e. The van der Waals surface area contributed by atoms with E-state index in [0.717, 1.165) is 61.8 Å². The third-order valence-electron chi connectivity index (χ3n) is 4.87. The lowest BCUT2D eigenvalue weighted by atomic mass is 10.2. The molecular weight excluding hydrogens is 410 g/mol. The Balaban J connectivity index is 1.49. The van der Waals surface area contributed by atoms with E-state index in [2.05, 4.69) is 25.8 Å². The van der Waals surface area contributed by atoms with Crippen LogP contribution < -0.4 is 4.90 Å². The lowest BCUT2D eigenvalue weighted by Gasteiger charge is -2.33. The molecule has 2 aromatic rings. The van der Waals surface area contributed by atoms with Crippen molar-refractivity contribution in [3.05, 3.63) is 16.2 Å². The van der Waals surface area contributed by atoms with Gasteiger partial charge in [-0.15, -0.1) is 11.3 Å². The van der Waals surface area contributed by atoms with E-state index in [1.165, 1.54) is 4.88 Å². The molecule has 2 aliphatic rings. The number of hydrogen-bond acceptors (Lipinski definition) is 9. The number of anilines is 1. The van der Waals surface area contributed by atoms with Gasteiger partial charge in [-0.05, 0) is 17.7 Å². The van der Waals surface area contributed by atoms with E-state index in [1.807, 2.05) is 4.90 Å². The van der Waals surface area contributed by atoms with Gasteiger partial charge in [0, 0.05) is 50.7 Å². The second-order valence-corrected chi connectivity index (χ2v) is 9.12. The van der Waals surface area contributed by atoms with Crippen LogP contribution in [-0.2, 0) is 22.0 Å². The third-order valence-corrected chi connectivity index (χ3v) is 6.68. The van der Waals surface area contributed by atoms with Crippen LogP contribution in [0.3, 0.4) is 0 Å². The third kappa shape index (κ3) is 4.69. The molecule has 0 spiro atoms. The van der Waals surface area contributed by atoms with E-state index >= 15 is 0 Å². The normalized spacial score (nSPS) is 20.0. The standard InChI is InChI=1S/C16H22ClN5O3S2/c17-16-18-14(22-5-7-25-8-6-22)13-9-12(26-15(13)19-16)10-20-1-3-21(4-2-20)11-27(23)24/h9,27H,1-8,10-11H2. The Morgan fingerprint density at radius 2 is 1.78 bits per heavy atom. The number of ether oxygens (including phenoxy) is 1. The zero-order valence-corrected chi connectivity index (χ0v) is 17.3. The van der Waals surface area contributed by atoms with Crippen LogP contribution in [0.4, 0.5) is 5.82 Å². The minimum absolute atomic E-state index is 0.156. The van der Waals surface area contributed by atoms with Crippen LogP contribution >= 0.6 is 22.9 Å². The number of halogens is 1. The highest BCUT2D eigenvalue weighted by atomic mass is 35.5. The molecule has 4 heterocycles. The van der Waals surface area contributed by atoms with Crippen molar-refractivity contribution in [2.24, 2.45) is 0 Å². The number of morpholine rings is 1. The maximum absolute atomic E-state index is 10.9. The van der Waals surface area contributed by atoms with Crippen LogP contribution in [0.5, 0.6) is 0 Å². The van der Waals surface area contributed by atoms with E-state index < -0.39 is 10.7 Å². The van der Waals surface area contributed by atoms with Crippen molar-refractivity contribution in [1.82, 2.24) is 19.8 Å². The van der Waals surface area contributed by atoms with Crippen molar-refractivity contribution in [2.75, 3.05) is 63.3 Å². The number of rotatable bonds is 5. The number of thiophene rings is 1. The van der Waals surface area contributed by atoms with E-state index in [4.69, 9.17) is 16.3 Å². The first-order chi connectivity index (χ1) is 13.1. The maximum atomic E-state index is 10.9. The average molecular weight is 432 g/mol. The summed E-state index contributed by atoms with van der Waals surface area (Å²) in [6.45, 7) is 7.10. The molecule has 2 saturated heterocycles. The van der Waals surface area contributed by atoms with Crippen molar-refractivity contribution >= 4 is 49.7 Å². The van der Waals surface area contributed by atoms with Crippen LogP contribution in [0.25, 0.3) is 10.2 Å². The highest BCUT2D eigenvalue weighted by Crippen LogP contribution is 2.33. The van der Waals surface area contributed by atoms with E-state index in [1.54, 1.807) is 11.3 Å². The summed E-state index contributed by atoms with van der Waals surface area (Å²) in [6.07, 6.45) is 0. The van der Waals surface area contributed by atoms with Crippen molar-refractivity contribution in [1.29, 1.82) is 0 Å². The molecule has 0 unspecified atom stereocenters. The number of aromatic nitrogens is 2. The van der Waals surface area contributed by atoms with Gasteiger partial charge in [0.15, 0.2) is 10.7 Å². The van der Waals surface area contributed by atoms with Gasteiger partial charge in [-0.1, -0.05) is 0 Å². The summed E-state index contributed by atoms with van der Waals surface area (Å²) < 4.78 is 27.2. The number of nitrogens with zero attached hydrogens (tertiary/aromatic N) is 5. The molecule has 4 rings (SSSR count). The minimum atomic E-state index is -2.34. The first kappa shape index (κ1) is 19.3. The molecule has 27 heavy (non-hydrogen) atoms. The zero-order chi connectivity index (χ0) is 18.8. The number of fused-ring (bicyclic) bond motifs is 1. The van der Waals surface area contributed by atoms with Crippen molar-refractivity contribution in [3.63, 3.8) is 0 Å². The molecule has 8 nitrogen and oxygen atoms in total. The summed E-state index contributed by atoms with van der Waals surface area (Å²) in [4.78, 5) is 17.6. The van der Waals surface area contributed by atoms with Crippen molar-refractivity contribution < 1.29 is 13.2 Å². The average Bonchev–Trinajstić information content (AvgIpc) is 3.05. The van der Waals surface area contributed by atoms with Gasteiger partial charge in [-0.2, -0.15) is 4.98 Å². The summed E-state index contributed by atoms with van der Waals surface area (Å²) in [5, 5.41) is 1.32. The number of piperazine rings is 1. The van der Waals surface area contributed by atoms with E-state index in [9.17, 15) is 8.42 Å². The second kappa shape index (κ2) is 8.54. The molecule has 0 atom stereocenters. The van der Waals surface area contributed by atoms with Gasteiger partial charge in [-0.3, -0.25) is 9.80 Å². The molecule has 11 heteroatoms. The molecule has 148 valence electrons. The molecule has 0 aromatic carbocycles. The molecular formula is C16H22ClN5O3S2. The Kier molecular flexibility index (Phi) is 6.10.